The molecule has 0 aliphatic carbocycles. The second kappa shape index (κ2) is 8.30. The number of ether oxygens (including phenoxy) is 1. The van der Waals surface area contributed by atoms with Gasteiger partial charge in [0.2, 0.25) is 0 Å². The van der Waals surface area contributed by atoms with E-state index < -0.39 is 0 Å². The largest absolute Gasteiger partial charge is 0.381 e. The summed E-state index contributed by atoms with van der Waals surface area (Å²) in [4.78, 5) is 2.64. The summed E-state index contributed by atoms with van der Waals surface area (Å²) in [5, 5.41) is 3.29. The number of halogens is 1. The summed E-state index contributed by atoms with van der Waals surface area (Å²) in [7, 11) is 2.06. The fraction of sp³-hybridized carbons (Fsp3) is 1.00. The molecule has 0 aromatic heterocycles. The number of likely N-dealkylation sites (tertiary alicyclic amines) is 1. The molecule has 0 bridgehead atoms. The van der Waals surface area contributed by atoms with Crippen LogP contribution in [0.2, 0.25) is 0 Å². The van der Waals surface area contributed by atoms with E-state index in [9.17, 15) is 0 Å². The SMILES string of the molecule is CNCC1CCN(CCC2CCOC2)CC1.Cl. The van der Waals surface area contributed by atoms with Gasteiger partial charge in [0, 0.05) is 13.2 Å². The zero-order chi connectivity index (χ0) is 11.2. The molecular formula is C13H27ClN2O. The minimum absolute atomic E-state index is 0. The molecule has 2 rings (SSSR count). The third-order valence-electron chi connectivity index (χ3n) is 4.08. The van der Waals surface area contributed by atoms with Crippen molar-refractivity contribution in [1.29, 1.82) is 0 Å². The van der Waals surface area contributed by atoms with Crippen LogP contribution < -0.4 is 5.32 Å². The van der Waals surface area contributed by atoms with E-state index in [4.69, 9.17) is 4.74 Å². The summed E-state index contributed by atoms with van der Waals surface area (Å²) >= 11 is 0. The molecule has 0 aromatic carbocycles. The molecule has 1 unspecified atom stereocenters. The maximum Gasteiger partial charge on any atom is 0.0495 e. The lowest BCUT2D eigenvalue weighted by Crippen LogP contribution is -2.37. The first kappa shape index (κ1) is 15.2. The summed E-state index contributed by atoms with van der Waals surface area (Å²) in [6.45, 7) is 7.11. The maximum atomic E-state index is 5.42. The lowest BCUT2D eigenvalue weighted by Gasteiger charge is -2.32. The molecule has 0 radical (unpaired) electrons. The van der Waals surface area contributed by atoms with Crippen molar-refractivity contribution in [2.45, 2.75) is 25.7 Å². The predicted octanol–water partition coefficient (Wildman–Crippen LogP) is 1.77. The Bertz CT molecular complexity index is 190. The van der Waals surface area contributed by atoms with Gasteiger partial charge in [-0.05, 0) is 70.7 Å². The third-order valence-corrected chi connectivity index (χ3v) is 4.08. The predicted molar refractivity (Wildman–Crippen MR) is 73.9 cm³/mol. The van der Waals surface area contributed by atoms with Gasteiger partial charge in [-0.1, -0.05) is 0 Å². The van der Waals surface area contributed by atoms with E-state index in [2.05, 4.69) is 17.3 Å². The van der Waals surface area contributed by atoms with Crippen LogP contribution in [-0.2, 0) is 4.74 Å². The molecule has 0 spiro atoms. The van der Waals surface area contributed by atoms with Crippen LogP contribution >= 0.6 is 12.4 Å². The highest BCUT2D eigenvalue weighted by atomic mass is 35.5. The smallest absolute Gasteiger partial charge is 0.0495 e. The second-order valence-electron chi connectivity index (χ2n) is 5.36. The second-order valence-corrected chi connectivity index (χ2v) is 5.36. The average Bonchev–Trinajstić information content (AvgIpc) is 2.82. The van der Waals surface area contributed by atoms with Crippen LogP contribution in [0.4, 0.5) is 0 Å². The quantitative estimate of drug-likeness (QED) is 0.817. The molecule has 2 aliphatic heterocycles. The Morgan fingerprint density at radius 2 is 1.94 bits per heavy atom. The van der Waals surface area contributed by atoms with Crippen molar-refractivity contribution in [2.24, 2.45) is 11.8 Å². The Balaban J connectivity index is 0.00000144. The Morgan fingerprint density at radius 1 is 1.18 bits per heavy atom. The van der Waals surface area contributed by atoms with Crippen molar-refractivity contribution >= 4 is 12.4 Å². The standard InChI is InChI=1S/C13H26N2O.ClH/c1-14-10-12-2-6-15(7-3-12)8-4-13-5-9-16-11-13;/h12-14H,2-11H2,1H3;1H. The van der Waals surface area contributed by atoms with Gasteiger partial charge in [-0.2, -0.15) is 0 Å². The summed E-state index contributed by atoms with van der Waals surface area (Å²) in [6, 6.07) is 0. The zero-order valence-corrected chi connectivity index (χ0v) is 11.8. The van der Waals surface area contributed by atoms with Crippen LogP contribution in [0.15, 0.2) is 0 Å². The molecule has 3 nitrogen and oxygen atoms in total. The molecule has 0 amide bonds. The topological polar surface area (TPSA) is 24.5 Å². The van der Waals surface area contributed by atoms with Gasteiger partial charge in [-0.15, -0.1) is 12.4 Å². The first-order chi connectivity index (χ1) is 7.88. The van der Waals surface area contributed by atoms with Crippen molar-refractivity contribution in [2.75, 3.05) is 46.4 Å². The van der Waals surface area contributed by atoms with Gasteiger partial charge in [-0.25, -0.2) is 0 Å². The van der Waals surface area contributed by atoms with Crippen LogP contribution in [0.25, 0.3) is 0 Å². The molecule has 1 N–H and O–H groups in total. The monoisotopic (exact) mass is 262 g/mol. The van der Waals surface area contributed by atoms with Gasteiger partial charge >= 0.3 is 0 Å². The highest BCUT2D eigenvalue weighted by Gasteiger charge is 2.20. The van der Waals surface area contributed by atoms with Crippen molar-refractivity contribution in [1.82, 2.24) is 10.2 Å². The number of rotatable bonds is 5. The fourth-order valence-corrected chi connectivity index (χ4v) is 2.88. The Kier molecular flexibility index (Phi) is 7.44. The third kappa shape index (κ3) is 5.12. The van der Waals surface area contributed by atoms with Gasteiger partial charge in [0.15, 0.2) is 0 Å². The van der Waals surface area contributed by atoms with Gasteiger partial charge < -0.3 is 15.0 Å². The molecular weight excluding hydrogens is 236 g/mol. The Morgan fingerprint density at radius 3 is 2.53 bits per heavy atom. The summed E-state index contributed by atoms with van der Waals surface area (Å²) in [5.74, 6) is 1.76. The van der Waals surface area contributed by atoms with Crippen molar-refractivity contribution in [3.05, 3.63) is 0 Å². The molecule has 2 heterocycles. The molecule has 102 valence electrons. The number of hydrogen-bond acceptors (Lipinski definition) is 3. The Labute approximate surface area is 112 Å². The van der Waals surface area contributed by atoms with Crippen LogP contribution in [0.1, 0.15) is 25.7 Å². The highest BCUT2D eigenvalue weighted by molar-refractivity contribution is 5.85. The molecule has 2 aliphatic rings. The molecule has 17 heavy (non-hydrogen) atoms. The Hall–Kier alpha value is 0.170. The molecule has 0 saturated carbocycles. The van der Waals surface area contributed by atoms with Crippen LogP contribution in [0.5, 0.6) is 0 Å². The maximum absolute atomic E-state index is 5.42. The number of nitrogens with one attached hydrogen (secondary N) is 1. The minimum atomic E-state index is 0. The van der Waals surface area contributed by atoms with E-state index in [1.165, 1.54) is 51.9 Å². The first-order valence-corrected chi connectivity index (χ1v) is 6.83. The summed E-state index contributed by atoms with van der Waals surface area (Å²) < 4.78 is 5.42. The van der Waals surface area contributed by atoms with Crippen LogP contribution in [-0.4, -0.2) is 51.3 Å². The fourth-order valence-electron chi connectivity index (χ4n) is 2.88. The van der Waals surface area contributed by atoms with Crippen molar-refractivity contribution < 1.29 is 4.74 Å². The summed E-state index contributed by atoms with van der Waals surface area (Å²) in [6.07, 6.45) is 5.39. The van der Waals surface area contributed by atoms with Crippen molar-refractivity contribution in [3.8, 4) is 0 Å². The van der Waals surface area contributed by atoms with Gasteiger partial charge in [0.05, 0.1) is 0 Å². The van der Waals surface area contributed by atoms with E-state index >= 15 is 0 Å². The molecule has 2 saturated heterocycles. The molecule has 0 aromatic rings. The lowest BCUT2D eigenvalue weighted by atomic mass is 9.96. The summed E-state index contributed by atoms with van der Waals surface area (Å²) in [5.41, 5.74) is 0. The lowest BCUT2D eigenvalue weighted by molar-refractivity contribution is 0.159. The van der Waals surface area contributed by atoms with Gasteiger partial charge in [-0.3, -0.25) is 0 Å². The van der Waals surface area contributed by atoms with Gasteiger partial charge in [0.25, 0.3) is 0 Å². The highest BCUT2D eigenvalue weighted by Crippen LogP contribution is 2.20. The zero-order valence-electron chi connectivity index (χ0n) is 11.0. The molecule has 1 atom stereocenters. The number of nitrogens with zero attached hydrogens (tertiary/aromatic N) is 1. The van der Waals surface area contributed by atoms with E-state index in [1.807, 2.05) is 0 Å². The molecule has 2 fully saturated rings. The molecule has 4 heteroatoms. The minimum Gasteiger partial charge on any atom is -0.381 e. The van der Waals surface area contributed by atoms with Crippen LogP contribution in [0, 0.1) is 11.8 Å². The van der Waals surface area contributed by atoms with E-state index in [0.717, 1.165) is 25.0 Å². The number of piperidine rings is 1. The van der Waals surface area contributed by atoms with E-state index in [-0.39, 0.29) is 12.4 Å². The van der Waals surface area contributed by atoms with E-state index in [1.54, 1.807) is 0 Å². The van der Waals surface area contributed by atoms with Crippen LogP contribution in [0.3, 0.4) is 0 Å². The van der Waals surface area contributed by atoms with E-state index in [0.29, 0.717) is 0 Å². The van der Waals surface area contributed by atoms with Gasteiger partial charge in [0.1, 0.15) is 0 Å². The average molecular weight is 263 g/mol. The van der Waals surface area contributed by atoms with Crippen molar-refractivity contribution in [3.63, 3.8) is 0 Å². The normalized spacial score (nSPS) is 27.0. The number of hydrogen-bond donors (Lipinski definition) is 1. The first-order valence-electron chi connectivity index (χ1n) is 6.83.